The van der Waals surface area contributed by atoms with E-state index in [-0.39, 0.29) is 76.9 Å². The fourth-order valence-corrected chi connectivity index (χ4v) is 17.7. The maximum atomic E-state index is 14.0. The molecule has 678 valence electrons. The third kappa shape index (κ3) is 21.2. The largest absolute Gasteiger partial charge is 0.480 e. The number of carboxylic acid groups (broad SMARTS) is 1. The second-order valence-electron chi connectivity index (χ2n) is 37.3. The smallest absolute Gasteiger partial charge is 0.407 e. The zero-order valence-electron chi connectivity index (χ0n) is 76.1. The Labute approximate surface area is 751 Å². The van der Waals surface area contributed by atoms with Crippen LogP contribution in [0.25, 0.3) is 88.8 Å². The number of imidazole rings is 4. The van der Waals surface area contributed by atoms with Gasteiger partial charge in [-0.15, -0.1) is 0 Å². The van der Waals surface area contributed by atoms with Crippen LogP contribution in [-0.2, 0) is 38.1 Å². The third-order valence-corrected chi connectivity index (χ3v) is 25.5. The summed E-state index contributed by atoms with van der Waals surface area (Å²) in [5.74, 6) is 0.847. The average molecular weight is 1760 g/mol. The SMILES string of the molecule is CC.COC(=O)N[C@H](C(=O)N1CC2(CC2)C[C@H]1c1ncc(-c2ccc(-c3ccc4cc(-c5cnc([C@@H]6C[C@H](C#N)CN6)[nH]5)ccc4c3)cc2)[nH]1)C(C)C.COC(=O)N[C@H](C(=O)N1CC2(CC2)C[C@H]1c1ncc(-c2ccc(-c3ccc4cc(-c5cnc([C@@H]6C[C@H](C#N)CN6C(=O)[C@@H](NC(=O)OC)C(C)(C)C)[nH]5)ccc4c3)cc2)[nH]1)C(C)C.COC(=O)N[C@H](C(=O)O)C(C)(C)C. The monoisotopic (exact) mass is 1750 g/mol. The van der Waals surface area contributed by atoms with E-state index in [1.807, 2.05) is 96.8 Å². The number of carbonyl (C=O) groups excluding carboxylic acids is 7. The van der Waals surface area contributed by atoms with Crippen LogP contribution in [0, 0.1) is 68.0 Å². The third-order valence-electron chi connectivity index (χ3n) is 25.5. The van der Waals surface area contributed by atoms with E-state index in [1.165, 1.54) is 28.4 Å². The molecule has 4 aliphatic heterocycles. The summed E-state index contributed by atoms with van der Waals surface area (Å²) in [7, 11) is 5.06. The summed E-state index contributed by atoms with van der Waals surface area (Å²) in [5.41, 5.74) is 11.0. The van der Waals surface area contributed by atoms with Gasteiger partial charge in [0.05, 0.1) is 124 Å². The fourth-order valence-electron chi connectivity index (χ4n) is 17.7. The summed E-state index contributed by atoms with van der Waals surface area (Å²) in [6, 6.07) is 43.0. The molecule has 2 spiro atoms. The minimum Gasteiger partial charge on any atom is -0.480 e. The Morgan fingerprint density at radius 3 is 1.12 bits per heavy atom. The van der Waals surface area contributed by atoms with Crippen LogP contribution in [-0.4, -0.2) is 187 Å². The van der Waals surface area contributed by atoms with Crippen LogP contribution in [0.4, 0.5) is 19.2 Å². The lowest BCUT2D eigenvalue weighted by Crippen LogP contribution is -2.54. The van der Waals surface area contributed by atoms with Gasteiger partial charge in [0.25, 0.3) is 0 Å². The van der Waals surface area contributed by atoms with Gasteiger partial charge in [0.15, 0.2) is 0 Å². The summed E-state index contributed by atoms with van der Waals surface area (Å²) in [5, 5.41) is 46.1. The van der Waals surface area contributed by atoms with Gasteiger partial charge in [0, 0.05) is 37.3 Å². The Bertz CT molecular complexity index is 5840. The average Bonchev–Trinajstić information content (AvgIpc) is 1.58. The molecule has 0 bridgehead atoms. The van der Waals surface area contributed by atoms with Gasteiger partial charge < -0.3 is 85.3 Å². The minimum absolute atomic E-state index is 0.0253. The van der Waals surface area contributed by atoms with Gasteiger partial charge in [-0.1, -0.05) is 180 Å². The molecule has 10 atom stereocenters. The number of carbonyl (C=O) groups is 8. The van der Waals surface area contributed by atoms with E-state index in [9.17, 15) is 48.9 Å². The molecule has 129 heavy (non-hydrogen) atoms. The predicted molar refractivity (Wildman–Crippen MR) is 488 cm³/mol. The van der Waals surface area contributed by atoms with Gasteiger partial charge in [0.2, 0.25) is 17.7 Å². The molecule has 2 saturated carbocycles. The highest BCUT2D eigenvalue weighted by atomic mass is 16.6. The number of H-pyrrole nitrogens is 4. The van der Waals surface area contributed by atoms with Crippen molar-refractivity contribution in [3.05, 3.63) is 169 Å². The van der Waals surface area contributed by atoms with E-state index in [4.69, 9.17) is 34.3 Å². The lowest BCUT2D eigenvalue weighted by Gasteiger charge is -2.34. The molecule has 7 amide bonds. The molecule has 0 unspecified atom stereocenters. The molecule has 6 fully saturated rings. The number of amides is 7. The number of aromatic nitrogens is 8. The summed E-state index contributed by atoms with van der Waals surface area (Å²) < 4.78 is 18.7. The molecule has 16 rings (SSSR count). The molecule has 4 aromatic heterocycles. The van der Waals surface area contributed by atoms with Gasteiger partial charge in [-0.2, -0.15) is 10.5 Å². The zero-order valence-corrected chi connectivity index (χ0v) is 76.1. The molecule has 6 aliphatic rings. The number of ether oxygens (including phenoxy) is 4. The van der Waals surface area contributed by atoms with E-state index < -0.39 is 71.4 Å². The first-order valence-electron chi connectivity index (χ1n) is 44.2. The Morgan fingerprint density at radius 2 is 0.767 bits per heavy atom. The van der Waals surface area contributed by atoms with Gasteiger partial charge in [0.1, 0.15) is 47.5 Å². The maximum Gasteiger partial charge on any atom is 0.407 e. The number of methoxy groups -OCH3 is 4. The highest BCUT2D eigenvalue weighted by molar-refractivity contribution is 5.94. The molecule has 0 radical (unpaired) electrons. The number of hydrogen-bond acceptors (Lipinski definition) is 19. The van der Waals surface area contributed by atoms with Crippen LogP contribution >= 0.6 is 0 Å². The molecule has 4 saturated heterocycles. The zero-order chi connectivity index (χ0) is 92.7. The molecule has 8 heterocycles. The number of aromatic amines is 4. The van der Waals surface area contributed by atoms with Gasteiger partial charge in [-0.05, 0) is 164 Å². The summed E-state index contributed by atoms with van der Waals surface area (Å²) in [6.07, 6.45) is 11.9. The van der Waals surface area contributed by atoms with Crippen LogP contribution in [0.5, 0.6) is 0 Å². The number of benzene rings is 6. The molecule has 31 nitrogen and oxygen atoms in total. The Hall–Kier alpha value is -13.4. The Morgan fingerprint density at radius 1 is 0.434 bits per heavy atom. The van der Waals surface area contributed by atoms with Crippen molar-refractivity contribution < 1.29 is 62.4 Å². The van der Waals surface area contributed by atoms with Crippen molar-refractivity contribution in [2.24, 2.45) is 45.3 Å². The molecular formula is C98H118N18O13. The van der Waals surface area contributed by atoms with Crippen molar-refractivity contribution in [3.8, 4) is 79.4 Å². The number of nitrogens with one attached hydrogen (secondary N) is 9. The van der Waals surface area contributed by atoms with Crippen LogP contribution < -0.4 is 26.6 Å². The minimum atomic E-state index is -1.07. The second kappa shape index (κ2) is 39.0. The number of likely N-dealkylation sites (tertiary alicyclic amines) is 3. The van der Waals surface area contributed by atoms with Gasteiger partial charge in [-0.3, -0.25) is 14.4 Å². The Balaban J connectivity index is 0.000000193. The first-order valence-corrected chi connectivity index (χ1v) is 44.2. The lowest BCUT2D eigenvalue weighted by atomic mass is 9.85. The number of nitrogens with zero attached hydrogens (tertiary/aromatic N) is 9. The molecule has 31 heteroatoms. The number of rotatable bonds is 20. The molecule has 2 aliphatic carbocycles. The van der Waals surface area contributed by atoms with E-state index >= 15 is 0 Å². The van der Waals surface area contributed by atoms with Crippen LogP contribution in [0.3, 0.4) is 0 Å². The topological polar surface area (TPSA) is 426 Å². The maximum absolute atomic E-state index is 14.0. The van der Waals surface area contributed by atoms with Crippen LogP contribution in [0.2, 0.25) is 0 Å². The normalized spacial score (nSPS) is 19.6. The number of hydrogen-bond donors (Lipinski definition) is 10. The molecule has 10 aromatic rings. The quantitative estimate of drug-likeness (QED) is 0.0317. The van der Waals surface area contributed by atoms with E-state index in [1.54, 1.807) is 31.9 Å². The number of aliphatic carboxylic acids is 1. The van der Waals surface area contributed by atoms with Crippen molar-refractivity contribution in [3.63, 3.8) is 0 Å². The van der Waals surface area contributed by atoms with Gasteiger partial charge in [-0.25, -0.2) is 43.9 Å². The van der Waals surface area contributed by atoms with Crippen molar-refractivity contribution >= 4 is 69.6 Å². The standard InChI is InChI=1S/C48H55N9O6.C40H42N8O3.C8H15NO4.C2H6/c1-27(2)39(54-45(60)62-6)43(58)57-26-48(16-17-48)21-38(57)42-51-23-35(52-42)30-10-8-29(9-11-30)31-12-13-33-20-34(15-14-32(33)19-31)36-24-50-41(53-36)37-18-28(22-49)25-56(37)44(59)40(47(3,4)5)55-46(61)63-7;1-23(2)35(47-39(50)51-3)38(49)48-22-40(12-13-40)17-34(48)37-44-20-32(46-37)26-6-4-25(5-7-26)27-8-9-29-16-30(11-10-28(29)15-27)33-21-43-36(45-33)31-14-24(18-41)19-42-31;1-8(2,3)5(6(10)11)9-7(12)13-4;1-2/h8-15,19-20,23-24,27-28,37-40H,16-18,21,25-26H2,1-7H3,(H,50,53)(H,51,52)(H,54,60)(H,55,61);4-11,15-16,20-21,23-24,31,34-35,42H,12-14,17,19,22H2,1-3H3,(H,43,45)(H,44,46)(H,47,50);5H,1-4H3,(H,9,12)(H,10,11);1-2H3/t28-,37+,38+,39+,40-;24-,31+,34+,35+;5-;/m111./s1. The number of alkyl carbamates (subject to hydrolysis) is 4. The summed E-state index contributed by atoms with van der Waals surface area (Å²) >= 11 is 0. The van der Waals surface area contributed by atoms with Crippen molar-refractivity contribution in [1.29, 1.82) is 10.5 Å². The number of fused-ring (bicyclic) bond motifs is 2. The molecule has 10 N–H and O–H groups in total. The van der Waals surface area contributed by atoms with Crippen LogP contribution in [0.1, 0.15) is 182 Å². The van der Waals surface area contributed by atoms with E-state index in [0.717, 1.165) is 151 Å². The van der Waals surface area contributed by atoms with Crippen LogP contribution in [0.15, 0.2) is 146 Å². The highest BCUT2D eigenvalue weighted by Crippen LogP contribution is 2.60. The number of nitriles is 2. The lowest BCUT2D eigenvalue weighted by molar-refractivity contribution is -0.142. The second-order valence-corrected chi connectivity index (χ2v) is 37.3. The first-order chi connectivity index (χ1) is 61.6. The first kappa shape index (κ1) is 93.2. The fraction of sp³-hybridized carbons (Fsp3) is 0.449. The van der Waals surface area contributed by atoms with Crippen molar-refractivity contribution in [2.75, 3.05) is 54.6 Å². The van der Waals surface area contributed by atoms with E-state index in [2.05, 4.69) is 184 Å². The van der Waals surface area contributed by atoms with Gasteiger partial charge >= 0.3 is 30.3 Å². The predicted octanol–water partition coefficient (Wildman–Crippen LogP) is 16.7. The molecule has 6 aromatic carbocycles. The number of carboxylic acids is 1. The summed E-state index contributed by atoms with van der Waals surface area (Å²) in [4.78, 5) is 138. The van der Waals surface area contributed by atoms with E-state index in [0.29, 0.717) is 31.9 Å². The van der Waals surface area contributed by atoms with Crippen molar-refractivity contribution in [2.45, 2.75) is 183 Å². The summed E-state index contributed by atoms with van der Waals surface area (Å²) in [6.45, 7) is 24.7. The van der Waals surface area contributed by atoms with Crippen molar-refractivity contribution in [1.82, 2.24) is 81.2 Å². The highest BCUT2D eigenvalue weighted by Gasteiger charge is 2.57. The molecular weight excluding hydrogens is 1640 g/mol. The Kier molecular flexibility index (Phi) is 28.2.